The zero-order valence-electron chi connectivity index (χ0n) is 11.0. The quantitative estimate of drug-likeness (QED) is 0.878. The third-order valence-corrected chi connectivity index (χ3v) is 4.52. The first-order valence-electron chi connectivity index (χ1n) is 6.09. The summed E-state index contributed by atoms with van der Waals surface area (Å²) in [7, 11) is -3.78. The number of rotatable bonds is 6. The summed E-state index contributed by atoms with van der Waals surface area (Å²) in [6.07, 6.45) is 0.438. The standard InChI is InChI=1S/C13H13FN2O3S2/c14-11-3-1-10(2-4-11)8-21(18,19)16-13(17)6-5-12-7-20-9-15-12/h1-4,7,9H,5-6,8H2,(H,16,17). The van der Waals surface area contributed by atoms with Crippen molar-refractivity contribution in [2.75, 3.05) is 0 Å². The smallest absolute Gasteiger partial charge is 0.239 e. The van der Waals surface area contributed by atoms with Crippen LogP contribution in [0.25, 0.3) is 0 Å². The number of nitrogens with zero attached hydrogens (tertiary/aromatic N) is 1. The average molecular weight is 328 g/mol. The second kappa shape index (κ2) is 6.77. The number of amides is 1. The molecule has 1 amide bonds. The van der Waals surface area contributed by atoms with Gasteiger partial charge >= 0.3 is 0 Å². The number of aryl methyl sites for hydroxylation is 1. The summed E-state index contributed by atoms with van der Waals surface area (Å²) in [6, 6.07) is 5.09. The number of thiazole rings is 1. The maximum atomic E-state index is 12.7. The van der Waals surface area contributed by atoms with Crippen LogP contribution in [0.2, 0.25) is 0 Å². The van der Waals surface area contributed by atoms with Gasteiger partial charge in [-0.15, -0.1) is 11.3 Å². The van der Waals surface area contributed by atoms with Crippen molar-refractivity contribution < 1.29 is 17.6 Å². The Bertz CT molecular complexity index is 698. The lowest BCUT2D eigenvalue weighted by atomic mass is 10.2. The van der Waals surface area contributed by atoms with Gasteiger partial charge in [0, 0.05) is 11.8 Å². The molecule has 1 N–H and O–H groups in total. The van der Waals surface area contributed by atoms with Gasteiger partial charge in [-0.05, 0) is 24.1 Å². The number of hydrogen-bond donors (Lipinski definition) is 1. The topological polar surface area (TPSA) is 76.1 Å². The molecule has 0 radical (unpaired) electrons. The van der Waals surface area contributed by atoms with E-state index in [1.54, 1.807) is 10.9 Å². The fourth-order valence-electron chi connectivity index (χ4n) is 1.66. The van der Waals surface area contributed by atoms with E-state index >= 15 is 0 Å². The molecule has 2 rings (SSSR count). The van der Waals surface area contributed by atoms with Gasteiger partial charge in [-0.25, -0.2) is 17.8 Å². The van der Waals surface area contributed by atoms with Crippen LogP contribution in [0.1, 0.15) is 17.7 Å². The Morgan fingerprint density at radius 3 is 2.62 bits per heavy atom. The average Bonchev–Trinajstić information content (AvgIpc) is 2.91. The molecule has 1 aromatic carbocycles. The number of sulfonamides is 1. The van der Waals surface area contributed by atoms with Gasteiger partial charge in [0.1, 0.15) is 5.82 Å². The first-order chi connectivity index (χ1) is 9.94. The van der Waals surface area contributed by atoms with Crippen LogP contribution in [0.4, 0.5) is 4.39 Å². The van der Waals surface area contributed by atoms with Crippen LogP contribution in [0.5, 0.6) is 0 Å². The van der Waals surface area contributed by atoms with Gasteiger partial charge in [0.2, 0.25) is 15.9 Å². The summed E-state index contributed by atoms with van der Waals surface area (Å²) in [5.74, 6) is -1.39. The van der Waals surface area contributed by atoms with Crippen molar-refractivity contribution >= 4 is 27.3 Å². The lowest BCUT2D eigenvalue weighted by molar-refractivity contribution is -0.119. The molecule has 0 spiro atoms. The minimum absolute atomic E-state index is 0.0480. The zero-order chi connectivity index (χ0) is 15.3. The van der Waals surface area contributed by atoms with Crippen LogP contribution in [-0.2, 0) is 27.0 Å². The van der Waals surface area contributed by atoms with E-state index in [4.69, 9.17) is 0 Å². The van der Waals surface area contributed by atoms with Crippen molar-refractivity contribution in [2.24, 2.45) is 0 Å². The van der Waals surface area contributed by atoms with E-state index in [9.17, 15) is 17.6 Å². The van der Waals surface area contributed by atoms with E-state index in [-0.39, 0.29) is 12.2 Å². The molecule has 0 unspecified atom stereocenters. The third-order valence-electron chi connectivity index (χ3n) is 2.63. The molecule has 5 nitrogen and oxygen atoms in total. The molecular weight excluding hydrogens is 315 g/mol. The maximum absolute atomic E-state index is 12.7. The Balaban J connectivity index is 1.88. The van der Waals surface area contributed by atoms with Gasteiger partial charge < -0.3 is 0 Å². The molecule has 0 fully saturated rings. The van der Waals surface area contributed by atoms with Crippen molar-refractivity contribution in [3.8, 4) is 0 Å². The summed E-state index contributed by atoms with van der Waals surface area (Å²) in [5, 5.41) is 1.81. The maximum Gasteiger partial charge on any atom is 0.239 e. The molecule has 0 bridgehead atoms. The van der Waals surface area contributed by atoms with Crippen LogP contribution in [-0.4, -0.2) is 19.3 Å². The predicted molar refractivity (Wildman–Crippen MR) is 77.6 cm³/mol. The Hall–Kier alpha value is -1.80. The molecule has 8 heteroatoms. The summed E-state index contributed by atoms with van der Waals surface area (Å²) in [6.45, 7) is 0. The number of carbonyl (C=O) groups is 1. The van der Waals surface area contributed by atoms with E-state index < -0.39 is 21.7 Å². The molecule has 1 heterocycles. The second-order valence-corrected chi connectivity index (χ2v) is 6.83. The molecule has 0 saturated carbocycles. The van der Waals surface area contributed by atoms with Crippen molar-refractivity contribution in [3.05, 3.63) is 52.2 Å². The van der Waals surface area contributed by atoms with Crippen LogP contribution in [0, 0.1) is 5.82 Å². The van der Waals surface area contributed by atoms with Gasteiger partial charge in [0.05, 0.1) is 17.0 Å². The van der Waals surface area contributed by atoms with Crippen molar-refractivity contribution in [3.63, 3.8) is 0 Å². The fraction of sp³-hybridized carbons (Fsp3) is 0.231. The SMILES string of the molecule is O=C(CCc1cscn1)NS(=O)(=O)Cc1ccc(F)cc1. The first-order valence-corrected chi connectivity index (χ1v) is 8.69. The number of hydrogen-bond acceptors (Lipinski definition) is 5. The van der Waals surface area contributed by atoms with Crippen LogP contribution in [0.3, 0.4) is 0 Å². The molecule has 2 aromatic rings. The van der Waals surface area contributed by atoms with E-state index in [1.165, 1.54) is 35.6 Å². The normalized spacial score (nSPS) is 11.3. The Labute approximate surface area is 125 Å². The highest BCUT2D eigenvalue weighted by atomic mass is 32.2. The largest absolute Gasteiger partial charge is 0.274 e. The Kier molecular flexibility index (Phi) is 5.03. The highest BCUT2D eigenvalue weighted by molar-refractivity contribution is 7.89. The number of benzene rings is 1. The number of halogens is 1. The first kappa shape index (κ1) is 15.6. The summed E-state index contributed by atoms with van der Waals surface area (Å²) < 4.78 is 38.4. The van der Waals surface area contributed by atoms with Crippen LogP contribution >= 0.6 is 11.3 Å². The molecule has 0 atom stereocenters. The number of nitrogens with one attached hydrogen (secondary N) is 1. The summed E-state index contributed by atoms with van der Waals surface area (Å²) in [4.78, 5) is 15.6. The van der Waals surface area contributed by atoms with Crippen LogP contribution < -0.4 is 4.72 Å². The summed E-state index contributed by atoms with van der Waals surface area (Å²) >= 11 is 1.42. The van der Waals surface area contributed by atoms with Crippen molar-refractivity contribution in [1.82, 2.24) is 9.71 Å². The molecule has 1 aromatic heterocycles. The molecule has 0 saturated heterocycles. The minimum atomic E-state index is -3.78. The van der Waals surface area contributed by atoms with Gasteiger partial charge in [-0.2, -0.15) is 0 Å². The highest BCUT2D eigenvalue weighted by Gasteiger charge is 2.15. The Morgan fingerprint density at radius 2 is 2.00 bits per heavy atom. The van der Waals surface area contributed by atoms with Crippen LogP contribution in [0.15, 0.2) is 35.2 Å². The molecule has 21 heavy (non-hydrogen) atoms. The van der Waals surface area contributed by atoms with Gasteiger partial charge in [-0.1, -0.05) is 12.1 Å². The van der Waals surface area contributed by atoms with E-state index in [2.05, 4.69) is 4.98 Å². The van der Waals surface area contributed by atoms with Crippen molar-refractivity contribution in [2.45, 2.75) is 18.6 Å². The Morgan fingerprint density at radius 1 is 1.29 bits per heavy atom. The van der Waals surface area contributed by atoms with Gasteiger partial charge in [-0.3, -0.25) is 9.52 Å². The number of carbonyl (C=O) groups excluding carboxylic acids is 1. The predicted octanol–water partition coefficient (Wildman–Crippen LogP) is 1.86. The number of aromatic nitrogens is 1. The second-order valence-electron chi connectivity index (χ2n) is 4.39. The molecule has 0 aliphatic carbocycles. The molecule has 0 aliphatic rings. The highest BCUT2D eigenvalue weighted by Crippen LogP contribution is 2.08. The van der Waals surface area contributed by atoms with Gasteiger partial charge in [0.25, 0.3) is 0 Å². The lowest BCUT2D eigenvalue weighted by Crippen LogP contribution is -2.31. The minimum Gasteiger partial charge on any atom is -0.274 e. The zero-order valence-corrected chi connectivity index (χ0v) is 12.6. The monoisotopic (exact) mass is 328 g/mol. The third kappa shape index (κ3) is 5.24. The van der Waals surface area contributed by atoms with Crippen molar-refractivity contribution in [1.29, 1.82) is 0 Å². The van der Waals surface area contributed by atoms with Gasteiger partial charge in [0.15, 0.2) is 0 Å². The fourth-order valence-corrected chi connectivity index (χ4v) is 3.41. The summed E-state index contributed by atoms with van der Waals surface area (Å²) in [5.41, 5.74) is 2.82. The van der Waals surface area contributed by atoms with E-state index in [1.807, 2.05) is 4.72 Å². The van der Waals surface area contributed by atoms with E-state index in [0.29, 0.717) is 12.0 Å². The van der Waals surface area contributed by atoms with E-state index in [0.717, 1.165) is 5.69 Å². The molecule has 112 valence electrons. The lowest BCUT2D eigenvalue weighted by Gasteiger charge is -2.06. The molecular formula is C13H13FN2O3S2. The molecule has 0 aliphatic heterocycles.